The Morgan fingerprint density at radius 2 is 1.64 bits per heavy atom. The fourth-order valence-corrected chi connectivity index (χ4v) is 5.69. The zero-order valence-electron chi connectivity index (χ0n) is 18.0. The highest BCUT2D eigenvalue weighted by atomic mass is 32.2. The molecule has 1 aliphatic heterocycles. The number of nitrogens with one attached hydrogen (secondary N) is 2. The summed E-state index contributed by atoms with van der Waals surface area (Å²) in [4.78, 5) is 24.0. The molecule has 0 bridgehead atoms. The quantitative estimate of drug-likeness (QED) is 0.499. The molecule has 1 saturated heterocycles. The molecule has 0 aromatic heterocycles. The molecule has 0 spiro atoms. The number of anilines is 1. The lowest BCUT2D eigenvalue weighted by Crippen LogP contribution is -2.32. The molecular formula is C21H25N3O7S2. The maximum atomic E-state index is 12.6. The summed E-state index contributed by atoms with van der Waals surface area (Å²) in [7, 11) is -7.54. The number of esters is 1. The molecule has 2 aromatic carbocycles. The van der Waals surface area contributed by atoms with E-state index in [0.717, 1.165) is 18.4 Å². The van der Waals surface area contributed by atoms with E-state index >= 15 is 0 Å². The molecular weight excluding hydrogens is 470 g/mol. The molecule has 3 rings (SSSR count). The van der Waals surface area contributed by atoms with Crippen LogP contribution in [0.4, 0.5) is 5.69 Å². The fraction of sp³-hybridized carbons (Fsp3) is 0.333. The van der Waals surface area contributed by atoms with Gasteiger partial charge in [-0.25, -0.2) is 16.8 Å². The van der Waals surface area contributed by atoms with E-state index < -0.39 is 45.1 Å². The number of hydrogen-bond acceptors (Lipinski definition) is 7. The third-order valence-corrected chi connectivity index (χ3v) is 8.23. The minimum Gasteiger partial charge on any atom is -0.455 e. The van der Waals surface area contributed by atoms with Gasteiger partial charge in [-0.15, -0.1) is 0 Å². The summed E-state index contributed by atoms with van der Waals surface area (Å²) < 4.78 is 58.0. The van der Waals surface area contributed by atoms with Crippen LogP contribution in [0.3, 0.4) is 0 Å². The van der Waals surface area contributed by atoms with Crippen LogP contribution < -0.4 is 10.0 Å². The minimum absolute atomic E-state index is 0.00223. The summed E-state index contributed by atoms with van der Waals surface area (Å²) in [5.74, 6) is -1.63. The average Bonchev–Trinajstić information content (AvgIpc) is 3.33. The van der Waals surface area contributed by atoms with E-state index in [2.05, 4.69) is 10.0 Å². The third-order valence-electron chi connectivity index (χ3n) is 4.92. The van der Waals surface area contributed by atoms with Crippen LogP contribution in [0.15, 0.2) is 58.3 Å². The van der Waals surface area contributed by atoms with Gasteiger partial charge in [-0.2, -0.15) is 9.03 Å². The number of nitrogens with zero attached hydrogens (tertiary/aromatic N) is 1. The second-order valence-corrected chi connectivity index (χ2v) is 11.2. The Balaban J connectivity index is 1.50. The molecule has 10 nitrogen and oxygen atoms in total. The Bertz CT molecular complexity index is 1220. The standard InChI is InChI=1S/C21H25N3O7S2/c1-16-7-9-18(10-8-16)32(27,28)22-14-21(26)31-15-20(25)23-17-5-4-6-19(13-17)33(29,30)24-11-2-3-12-24/h4-10,13,22H,2-3,11-12,14-15H2,1H3,(H,23,25). The van der Waals surface area contributed by atoms with Gasteiger partial charge in [-0.3, -0.25) is 9.59 Å². The van der Waals surface area contributed by atoms with Crippen molar-refractivity contribution in [2.75, 3.05) is 31.6 Å². The molecule has 178 valence electrons. The molecule has 1 aliphatic rings. The Morgan fingerprint density at radius 1 is 0.970 bits per heavy atom. The summed E-state index contributed by atoms with van der Waals surface area (Å²) in [6.45, 7) is 1.43. The topological polar surface area (TPSA) is 139 Å². The number of ether oxygens (including phenoxy) is 1. The van der Waals surface area contributed by atoms with Gasteiger partial charge in [-0.1, -0.05) is 23.8 Å². The zero-order chi connectivity index (χ0) is 24.1. The maximum absolute atomic E-state index is 12.6. The molecule has 1 fully saturated rings. The lowest BCUT2D eigenvalue weighted by molar-refractivity contribution is -0.146. The first-order valence-electron chi connectivity index (χ1n) is 10.2. The lowest BCUT2D eigenvalue weighted by Gasteiger charge is -2.16. The monoisotopic (exact) mass is 495 g/mol. The van der Waals surface area contributed by atoms with Gasteiger partial charge < -0.3 is 10.1 Å². The molecule has 0 saturated carbocycles. The van der Waals surface area contributed by atoms with Crippen LogP contribution in [0.1, 0.15) is 18.4 Å². The van der Waals surface area contributed by atoms with E-state index in [0.29, 0.717) is 13.1 Å². The van der Waals surface area contributed by atoms with Crippen LogP contribution in [0.5, 0.6) is 0 Å². The van der Waals surface area contributed by atoms with Crippen LogP contribution >= 0.6 is 0 Å². The van der Waals surface area contributed by atoms with Crippen LogP contribution in [0.25, 0.3) is 0 Å². The number of benzene rings is 2. The van der Waals surface area contributed by atoms with E-state index in [1.54, 1.807) is 12.1 Å². The fourth-order valence-electron chi connectivity index (χ4n) is 3.16. The van der Waals surface area contributed by atoms with Crippen LogP contribution in [-0.2, 0) is 34.4 Å². The summed E-state index contributed by atoms with van der Waals surface area (Å²) >= 11 is 0. The number of aryl methyl sites for hydroxylation is 1. The van der Waals surface area contributed by atoms with Gasteiger partial charge in [0.1, 0.15) is 6.54 Å². The Labute approximate surface area is 193 Å². The van der Waals surface area contributed by atoms with E-state index in [9.17, 15) is 26.4 Å². The molecule has 0 radical (unpaired) electrons. The van der Waals surface area contributed by atoms with Crippen molar-refractivity contribution in [2.45, 2.75) is 29.6 Å². The van der Waals surface area contributed by atoms with E-state index in [-0.39, 0.29) is 15.5 Å². The highest BCUT2D eigenvalue weighted by Crippen LogP contribution is 2.23. The summed E-state index contributed by atoms with van der Waals surface area (Å²) in [5, 5.41) is 2.47. The van der Waals surface area contributed by atoms with Crippen molar-refractivity contribution in [1.82, 2.24) is 9.03 Å². The normalized spacial score (nSPS) is 14.7. The SMILES string of the molecule is Cc1ccc(S(=O)(=O)NCC(=O)OCC(=O)Nc2cccc(S(=O)(=O)N3CCCC3)c2)cc1. The molecule has 2 aromatic rings. The number of sulfonamides is 2. The molecule has 1 heterocycles. The van der Waals surface area contributed by atoms with Crippen molar-refractivity contribution >= 4 is 37.6 Å². The lowest BCUT2D eigenvalue weighted by atomic mass is 10.2. The largest absolute Gasteiger partial charge is 0.455 e. The van der Waals surface area contributed by atoms with E-state index in [1.165, 1.54) is 40.7 Å². The molecule has 0 atom stereocenters. The van der Waals surface area contributed by atoms with Gasteiger partial charge >= 0.3 is 5.97 Å². The van der Waals surface area contributed by atoms with Crippen LogP contribution in [0, 0.1) is 6.92 Å². The number of rotatable bonds is 9. The molecule has 2 N–H and O–H groups in total. The maximum Gasteiger partial charge on any atom is 0.321 e. The summed E-state index contributed by atoms with van der Waals surface area (Å²) in [6.07, 6.45) is 1.62. The minimum atomic E-state index is -3.90. The second-order valence-electron chi connectivity index (χ2n) is 7.49. The Hall–Kier alpha value is -2.80. The predicted molar refractivity (Wildman–Crippen MR) is 120 cm³/mol. The van der Waals surface area contributed by atoms with Crippen molar-refractivity contribution in [3.05, 3.63) is 54.1 Å². The van der Waals surface area contributed by atoms with E-state index in [4.69, 9.17) is 4.74 Å². The second kappa shape index (κ2) is 10.4. The smallest absolute Gasteiger partial charge is 0.321 e. The van der Waals surface area contributed by atoms with Crippen molar-refractivity contribution in [3.8, 4) is 0 Å². The average molecular weight is 496 g/mol. The number of carbonyl (C=O) groups excluding carboxylic acids is 2. The summed E-state index contributed by atoms with van der Waals surface area (Å²) in [6, 6.07) is 11.9. The van der Waals surface area contributed by atoms with Gasteiger partial charge in [0, 0.05) is 18.8 Å². The molecule has 0 aliphatic carbocycles. The number of amides is 1. The first-order valence-corrected chi connectivity index (χ1v) is 13.1. The van der Waals surface area contributed by atoms with Gasteiger partial charge in [0.25, 0.3) is 5.91 Å². The van der Waals surface area contributed by atoms with Crippen molar-refractivity contribution in [1.29, 1.82) is 0 Å². The Morgan fingerprint density at radius 3 is 2.30 bits per heavy atom. The zero-order valence-corrected chi connectivity index (χ0v) is 19.6. The van der Waals surface area contributed by atoms with Crippen LogP contribution in [-0.4, -0.2) is 59.3 Å². The highest BCUT2D eigenvalue weighted by Gasteiger charge is 2.27. The first-order chi connectivity index (χ1) is 15.6. The predicted octanol–water partition coefficient (Wildman–Crippen LogP) is 1.24. The highest BCUT2D eigenvalue weighted by molar-refractivity contribution is 7.89. The van der Waals surface area contributed by atoms with Gasteiger partial charge in [0.15, 0.2) is 6.61 Å². The molecule has 12 heteroatoms. The van der Waals surface area contributed by atoms with Crippen molar-refractivity contribution in [3.63, 3.8) is 0 Å². The van der Waals surface area contributed by atoms with Gasteiger partial charge in [-0.05, 0) is 50.1 Å². The van der Waals surface area contributed by atoms with Crippen LogP contribution in [0.2, 0.25) is 0 Å². The summed E-state index contributed by atoms with van der Waals surface area (Å²) in [5.41, 5.74) is 1.12. The van der Waals surface area contributed by atoms with Crippen molar-refractivity contribution < 1.29 is 31.2 Å². The number of carbonyl (C=O) groups is 2. The van der Waals surface area contributed by atoms with E-state index in [1.807, 2.05) is 6.92 Å². The first kappa shape index (κ1) is 24.8. The number of hydrogen-bond donors (Lipinski definition) is 2. The van der Waals surface area contributed by atoms with Gasteiger partial charge in [0.05, 0.1) is 9.79 Å². The molecule has 33 heavy (non-hydrogen) atoms. The molecule has 0 unspecified atom stereocenters. The molecule has 1 amide bonds. The Kier molecular flexibility index (Phi) is 7.84. The van der Waals surface area contributed by atoms with Gasteiger partial charge in [0.2, 0.25) is 20.0 Å². The van der Waals surface area contributed by atoms with Crippen molar-refractivity contribution in [2.24, 2.45) is 0 Å². The third kappa shape index (κ3) is 6.60.